The van der Waals surface area contributed by atoms with E-state index in [2.05, 4.69) is 48.5 Å². The maximum atomic E-state index is 7.00. The van der Waals surface area contributed by atoms with E-state index in [0.717, 1.165) is 7.11 Å². The van der Waals surface area contributed by atoms with Crippen LogP contribution in [-0.2, 0) is 4.74 Å². The number of hydrogen-bond acceptors (Lipinski definition) is 2. The second-order valence-electron chi connectivity index (χ2n) is 3.80. The highest BCUT2D eigenvalue weighted by molar-refractivity contribution is 5.29. The van der Waals surface area contributed by atoms with E-state index in [4.69, 9.17) is 9.84 Å². The van der Waals surface area contributed by atoms with Crippen LogP contribution in [0, 0.1) is 0 Å². The van der Waals surface area contributed by atoms with Crippen molar-refractivity contribution in [1.29, 1.82) is 0 Å². The van der Waals surface area contributed by atoms with Gasteiger partial charge in [-0.05, 0) is 11.1 Å². The quantitative estimate of drug-likeness (QED) is 0.801. The van der Waals surface area contributed by atoms with Gasteiger partial charge in [0.15, 0.2) is 0 Å². The molecule has 1 N–H and O–H groups in total. The molecule has 1 heterocycles. The molecule has 0 radical (unpaired) electrons. The van der Waals surface area contributed by atoms with Crippen molar-refractivity contribution in [2.75, 3.05) is 7.11 Å². The number of aliphatic hydroxyl groups is 1. The molecule has 1 aliphatic rings. The number of epoxide rings is 1. The molecule has 0 bridgehead atoms. The third-order valence-electron chi connectivity index (χ3n) is 2.75. The van der Waals surface area contributed by atoms with E-state index in [-0.39, 0.29) is 12.2 Å². The third kappa shape index (κ3) is 2.73. The van der Waals surface area contributed by atoms with Gasteiger partial charge in [-0.25, -0.2) is 0 Å². The molecule has 0 spiro atoms. The van der Waals surface area contributed by atoms with Crippen molar-refractivity contribution in [1.82, 2.24) is 0 Å². The molecule has 88 valence electrons. The molecular weight excluding hydrogens is 212 g/mol. The second-order valence-corrected chi connectivity index (χ2v) is 3.80. The van der Waals surface area contributed by atoms with Crippen LogP contribution in [0.15, 0.2) is 60.7 Å². The predicted octanol–water partition coefficient (Wildman–Crippen LogP) is 3.11. The molecule has 0 aromatic heterocycles. The lowest BCUT2D eigenvalue weighted by atomic mass is 10.0. The lowest BCUT2D eigenvalue weighted by Gasteiger charge is -1.95. The summed E-state index contributed by atoms with van der Waals surface area (Å²) < 4.78 is 5.69. The highest BCUT2D eigenvalue weighted by Crippen LogP contribution is 2.50. The highest BCUT2D eigenvalue weighted by atomic mass is 16.6. The summed E-state index contributed by atoms with van der Waals surface area (Å²) in [5, 5.41) is 7.00. The lowest BCUT2D eigenvalue weighted by Crippen LogP contribution is -1.82. The van der Waals surface area contributed by atoms with Crippen LogP contribution in [0.5, 0.6) is 0 Å². The molecule has 2 aromatic rings. The average Bonchev–Trinajstić information content (AvgIpc) is 3.23. The Kier molecular flexibility index (Phi) is 3.91. The Balaban J connectivity index is 0.000000514. The molecule has 0 saturated carbocycles. The largest absolute Gasteiger partial charge is 0.400 e. The Bertz CT molecular complexity index is 395. The van der Waals surface area contributed by atoms with Gasteiger partial charge in [-0.2, -0.15) is 0 Å². The summed E-state index contributed by atoms with van der Waals surface area (Å²) in [6.07, 6.45) is 0.516. The fourth-order valence-corrected chi connectivity index (χ4v) is 1.90. The van der Waals surface area contributed by atoms with Crippen LogP contribution in [0.3, 0.4) is 0 Å². The van der Waals surface area contributed by atoms with Crippen molar-refractivity contribution in [3.8, 4) is 0 Å². The summed E-state index contributed by atoms with van der Waals surface area (Å²) in [5.74, 6) is 0. The Morgan fingerprint density at radius 2 is 1.06 bits per heavy atom. The number of hydrogen-bond donors (Lipinski definition) is 1. The van der Waals surface area contributed by atoms with Crippen LogP contribution in [0.2, 0.25) is 0 Å². The number of rotatable bonds is 2. The SMILES string of the molecule is CO.c1ccc(C2OC2c2ccccc2)cc1. The molecule has 2 nitrogen and oxygen atoms in total. The van der Waals surface area contributed by atoms with E-state index in [0.29, 0.717) is 0 Å². The summed E-state index contributed by atoms with van der Waals surface area (Å²) >= 11 is 0. The van der Waals surface area contributed by atoms with E-state index in [1.54, 1.807) is 0 Å². The molecule has 0 amide bonds. The number of aliphatic hydroxyl groups excluding tert-OH is 1. The fraction of sp³-hybridized carbons (Fsp3) is 0.200. The highest BCUT2D eigenvalue weighted by Gasteiger charge is 2.40. The van der Waals surface area contributed by atoms with Gasteiger partial charge in [0.25, 0.3) is 0 Å². The van der Waals surface area contributed by atoms with Gasteiger partial charge in [-0.3, -0.25) is 0 Å². The first-order valence-electron chi connectivity index (χ1n) is 5.65. The molecule has 1 saturated heterocycles. The zero-order valence-electron chi connectivity index (χ0n) is 9.78. The summed E-state index contributed by atoms with van der Waals surface area (Å²) in [4.78, 5) is 0. The smallest absolute Gasteiger partial charge is 0.114 e. The standard InChI is InChI=1S/C14H12O.CH4O/c1-3-7-11(8-4-1)13-14(15-13)12-9-5-2-6-10-12;1-2/h1-10,13-14H;2H,1H3. The summed E-state index contributed by atoms with van der Waals surface area (Å²) in [7, 11) is 1.00. The first-order chi connectivity index (χ1) is 8.45. The van der Waals surface area contributed by atoms with E-state index in [1.165, 1.54) is 11.1 Å². The first-order valence-corrected chi connectivity index (χ1v) is 5.65. The predicted molar refractivity (Wildman–Crippen MR) is 67.6 cm³/mol. The van der Waals surface area contributed by atoms with Gasteiger partial charge >= 0.3 is 0 Å². The molecule has 2 atom stereocenters. The molecule has 3 rings (SSSR count). The van der Waals surface area contributed by atoms with E-state index in [9.17, 15) is 0 Å². The van der Waals surface area contributed by atoms with E-state index >= 15 is 0 Å². The van der Waals surface area contributed by atoms with Gasteiger partial charge in [-0.15, -0.1) is 0 Å². The first kappa shape index (κ1) is 11.8. The van der Waals surface area contributed by atoms with Gasteiger partial charge in [0.1, 0.15) is 12.2 Å². The van der Waals surface area contributed by atoms with Crippen LogP contribution in [0.25, 0.3) is 0 Å². The Hall–Kier alpha value is -1.64. The van der Waals surface area contributed by atoms with Crippen LogP contribution < -0.4 is 0 Å². The summed E-state index contributed by atoms with van der Waals surface area (Å²) in [6.45, 7) is 0. The lowest BCUT2D eigenvalue weighted by molar-refractivity contribution is 0.377. The minimum absolute atomic E-state index is 0.258. The molecule has 1 aliphatic heterocycles. The van der Waals surface area contributed by atoms with Crippen molar-refractivity contribution in [3.05, 3.63) is 71.8 Å². The normalized spacial score (nSPS) is 21.3. The maximum Gasteiger partial charge on any atom is 0.114 e. The van der Waals surface area contributed by atoms with E-state index in [1.807, 2.05) is 12.1 Å². The topological polar surface area (TPSA) is 32.8 Å². The second kappa shape index (κ2) is 5.62. The summed E-state index contributed by atoms with van der Waals surface area (Å²) in [6, 6.07) is 20.8. The zero-order chi connectivity index (χ0) is 12.1. The van der Waals surface area contributed by atoms with Gasteiger partial charge in [-0.1, -0.05) is 60.7 Å². The molecule has 2 unspecified atom stereocenters. The molecule has 2 aromatic carbocycles. The minimum Gasteiger partial charge on any atom is -0.400 e. The third-order valence-corrected chi connectivity index (χ3v) is 2.75. The Morgan fingerprint density at radius 3 is 1.41 bits per heavy atom. The Labute approximate surface area is 101 Å². The minimum atomic E-state index is 0.258. The van der Waals surface area contributed by atoms with Crippen molar-refractivity contribution in [2.24, 2.45) is 0 Å². The fourth-order valence-electron chi connectivity index (χ4n) is 1.90. The van der Waals surface area contributed by atoms with Gasteiger partial charge in [0, 0.05) is 7.11 Å². The molecule has 0 aliphatic carbocycles. The number of ether oxygens (including phenoxy) is 1. The average molecular weight is 228 g/mol. The zero-order valence-corrected chi connectivity index (χ0v) is 9.78. The molecule has 2 heteroatoms. The van der Waals surface area contributed by atoms with Gasteiger partial charge in [0.05, 0.1) is 0 Å². The summed E-state index contributed by atoms with van der Waals surface area (Å²) in [5.41, 5.74) is 2.54. The molecular formula is C15H16O2. The number of benzene rings is 2. The van der Waals surface area contributed by atoms with E-state index < -0.39 is 0 Å². The maximum absolute atomic E-state index is 7.00. The Morgan fingerprint density at radius 1 is 0.706 bits per heavy atom. The van der Waals surface area contributed by atoms with Crippen LogP contribution in [0.1, 0.15) is 23.3 Å². The van der Waals surface area contributed by atoms with Crippen molar-refractivity contribution >= 4 is 0 Å². The van der Waals surface area contributed by atoms with Gasteiger partial charge in [0.2, 0.25) is 0 Å². The van der Waals surface area contributed by atoms with Crippen LogP contribution in [-0.4, -0.2) is 12.2 Å². The molecule has 1 fully saturated rings. The van der Waals surface area contributed by atoms with Crippen LogP contribution in [0.4, 0.5) is 0 Å². The molecule has 17 heavy (non-hydrogen) atoms. The van der Waals surface area contributed by atoms with Crippen LogP contribution >= 0.6 is 0 Å². The van der Waals surface area contributed by atoms with Crippen molar-refractivity contribution < 1.29 is 9.84 Å². The van der Waals surface area contributed by atoms with Gasteiger partial charge < -0.3 is 9.84 Å². The monoisotopic (exact) mass is 228 g/mol. The van der Waals surface area contributed by atoms with Crippen molar-refractivity contribution in [3.63, 3.8) is 0 Å². The van der Waals surface area contributed by atoms with Crippen molar-refractivity contribution in [2.45, 2.75) is 12.2 Å².